The van der Waals surface area contributed by atoms with E-state index in [-0.39, 0.29) is 10.8 Å². The van der Waals surface area contributed by atoms with E-state index in [0.29, 0.717) is 0 Å². The Balaban J connectivity index is 1.18. The molecular weight excluding hydrogens is 657 g/mol. The number of benzene rings is 7. The predicted octanol–water partition coefficient (Wildman–Crippen LogP) is 12.3. The van der Waals surface area contributed by atoms with Crippen molar-refractivity contribution in [2.75, 3.05) is 0 Å². The van der Waals surface area contributed by atoms with Crippen LogP contribution in [0.3, 0.4) is 0 Å². The molecule has 2 aromatic heterocycles. The van der Waals surface area contributed by atoms with Gasteiger partial charge in [0, 0.05) is 32.7 Å². The molecule has 0 saturated heterocycles. The molecule has 0 radical (unpaired) electrons. The molecule has 54 heavy (non-hydrogen) atoms. The molecule has 2 aliphatic rings. The fourth-order valence-electron chi connectivity index (χ4n) is 9.38. The van der Waals surface area contributed by atoms with Crippen molar-refractivity contribution in [2.45, 2.75) is 38.5 Å². The number of aromatic nitrogens is 4. The molecule has 258 valence electrons. The highest BCUT2D eigenvalue weighted by molar-refractivity contribution is 6.07. The van der Waals surface area contributed by atoms with Crippen molar-refractivity contribution in [3.05, 3.63) is 180 Å². The van der Waals surface area contributed by atoms with E-state index >= 15 is 0 Å². The van der Waals surface area contributed by atoms with E-state index in [1.165, 1.54) is 44.5 Å². The molecule has 4 heteroatoms. The summed E-state index contributed by atoms with van der Waals surface area (Å²) in [5, 5.41) is 13.1. The molecule has 9 aromatic rings. The maximum absolute atomic E-state index is 5.44. The largest absolute Gasteiger partial charge is 0.232 e. The Labute approximate surface area is 315 Å². The van der Waals surface area contributed by atoms with E-state index in [4.69, 9.17) is 10.2 Å². The molecule has 0 spiro atoms. The highest BCUT2D eigenvalue weighted by atomic mass is 15.3. The Bertz CT molecular complexity index is 2780. The SMILES string of the molecule is CC1(C)c2ccccc2-c2ccc(-n3nc(-c4ccccc4)c4cc5c(-c6ccccc6)nn(-c6ccc7c(c6)C(C)(C)c6ccccc6-7)c5cc43)cc21. The summed E-state index contributed by atoms with van der Waals surface area (Å²) in [6.45, 7) is 9.34. The standard InChI is InChI=1S/C50H38N4/c1-49(2)41-21-13-11-19-35(41)37-25-23-33(27-43(37)49)53-45-30-46-40(29-39(45)47(51-53)31-15-7-5-8-16-31)48(32-17-9-6-10-18-32)52-54(46)34-24-26-38-36-20-12-14-22-42(36)50(3,4)44(38)28-34/h5-30H,1-4H3. The van der Waals surface area contributed by atoms with Crippen LogP contribution in [0.5, 0.6) is 0 Å². The lowest BCUT2D eigenvalue weighted by atomic mass is 9.82. The van der Waals surface area contributed by atoms with Crippen molar-refractivity contribution in [3.63, 3.8) is 0 Å². The Morgan fingerprint density at radius 1 is 0.370 bits per heavy atom. The molecule has 0 bridgehead atoms. The van der Waals surface area contributed by atoms with Crippen LogP contribution in [0.15, 0.2) is 158 Å². The van der Waals surface area contributed by atoms with Gasteiger partial charge < -0.3 is 0 Å². The topological polar surface area (TPSA) is 35.6 Å². The van der Waals surface area contributed by atoms with Gasteiger partial charge in [0.05, 0.1) is 22.4 Å². The average molecular weight is 695 g/mol. The minimum Gasteiger partial charge on any atom is -0.232 e. The lowest BCUT2D eigenvalue weighted by Gasteiger charge is -2.22. The van der Waals surface area contributed by atoms with Gasteiger partial charge in [-0.05, 0) is 80.9 Å². The first-order chi connectivity index (χ1) is 26.3. The smallest absolute Gasteiger partial charge is 0.101 e. The van der Waals surface area contributed by atoms with Crippen LogP contribution < -0.4 is 0 Å². The maximum Gasteiger partial charge on any atom is 0.101 e. The first-order valence-electron chi connectivity index (χ1n) is 18.8. The summed E-state index contributed by atoms with van der Waals surface area (Å²) in [5.74, 6) is 0. The number of hydrogen-bond donors (Lipinski definition) is 0. The van der Waals surface area contributed by atoms with Crippen LogP contribution in [0.4, 0.5) is 0 Å². The second kappa shape index (κ2) is 11.0. The van der Waals surface area contributed by atoms with E-state index in [1.807, 2.05) is 0 Å². The minimum absolute atomic E-state index is 0.120. The van der Waals surface area contributed by atoms with Crippen LogP contribution in [0.1, 0.15) is 49.9 Å². The van der Waals surface area contributed by atoms with Gasteiger partial charge in [-0.1, -0.05) is 149 Å². The minimum atomic E-state index is -0.120. The van der Waals surface area contributed by atoms with Crippen molar-refractivity contribution in [1.82, 2.24) is 19.6 Å². The van der Waals surface area contributed by atoms with Gasteiger partial charge in [0.1, 0.15) is 11.4 Å². The zero-order chi connectivity index (χ0) is 36.3. The predicted molar refractivity (Wildman–Crippen MR) is 222 cm³/mol. The van der Waals surface area contributed by atoms with Crippen LogP contribution in [-0.4, -0.2) is 19.6 Å². The fourth-order valence-corrected chi connectivity index (χ4v) is 9.38. The number of hydrogen-bond acceptors (Lipinski definition) is 2. The third kappa shape index (κ3) is 4.25. The zero-order valence-corrected chi connectivity index (χ0v) is 30.8. The van der Waals surface area contributed by atoms with Gasteiger partial charge in [0.15, 0.2) is 0 Å². The second-order valence-electron chi connectivity index (χ2n) is 15.9. The third-order valence-electron chi connectivity index (χ3n) is 12.2. The molecule has 0 fully saturated rings. The van der Waals surface area contributed by atoms with E-state index in [2.05, 4.69) is 195 Å². The summed E-state index contributed by atoms with van der Waals surface area (Å²) in [7, 11) is 0. The Hall–Kier alpha value is -6.52. The van der Waals surface area contributed by atoms with Gasteiger partial charge in [0.25, 0.3) is 0 Å². The van der Waals surface area contributed by atoms with Gasteiger partial charge in [-0.25, -0.2) is 9.36 Å². The summed E-state index contributed by atoms with van der Waals surface area (Å²) in [6.07, 6.45) is 0. The average Bonchev–Trinajstić information content (AvgIpc) is 3.90. The molecule has 0 aliphatic heterocycles. The molecule has 7 aromatic carbocycles. The molecule has 2 heterocycles. The van der Waals surface area contributed by atoms with E-state index in [1.54, 1.807) is 0 Å². The number of nitrogens with zero attached hydrogens (tertiary/aromatic N) is 4. The quantitative estimate of drug-likeness (QED) is 0.184. The van der Waals surface area contributed by atoms with Gasteiger partial charge in [0.2, 0.25) is 0 Å². The summed E-state index contributed by atoms with van der Waals surface area (Å²) in [5.41, 5.74) is 18.7. The summed E-state index contributed by atoms with van der Waals surface area (Å²) in [6, 6.07) is 57.1. The van der Waals surface area contributed by atoms with Crippen molar-refractivity contribution in [1.29, 1.82) is 0 Å². The summed E-state index contributed by atoms with van der Waals surface area (Å²) >= 11 is 0. The second-order valence-corrected chi connectivity index (χ2v) is 15.9. The fraction of sp³-hybridized carbons (Fsp3) is 0.120. The first-order valence-corrected chi connectivity index (χ1v) is 18.8. The van der Waals surface area contributed by atoms with Gasteiger partial charge in [-0.15, -0.1) is 0 Å². The van der Waals surface area contributed by atoms with Gasteiger partial charge in [-0.3, -0.25) is 0 Å². The molecule has 0 amide bonds. The number of fused-ring (bicyclic) bond motifs is 8. The van der Waals surface area contributed by atoms with Crippen molar-refractivity contribution in [2.24, 2.45) is 0 Å². The van der Waals surface area contributed by atoms with Crippen LogP contribution in [0, 0.1) is 0 Å². The van der Waals surface area contributed by atoms with E-state index in [0.717, 1.165) is 55.7 Å². The number of rotatable bonds is 4. The molecule has 4 nitrogen and oxygen atoms in total. The van der Waals surface area contributed by atoms with Crippen LogP contribution in [0.25, 0.3) is 77.9 Å². The summed E-state index contributed by atoms with van der Waals surface area (Å²) in [4.78, 5) is 0. The summed E-state index contributed by atoms with van der Waals surface area (Å²) < 4.78 is 4.30. The highest BCUT2D eigenvalue weighted by Crippen LogP contribution is 2.51. The molecule has 0 unspecified atom stereocenters. The Morgan fingerprint density at radius 2 is 0.759 bits per heavy atom. The normalized spacial score (nSPS) is 14.6. The van der Waals surface area contributed by atoms with Gasteiger partial charge >= 0.3 is 0 Å². The van der Waals surface area contributed by atoms with Crippen molar-refractivity contribution < 1.29 is 0 Å². The maximum atomic E-state index is 5.44. The highest BCUT2D eigenvalue weighted by Gasteiger charge is 2.37. The first kappa shape index (κ1) is 31.0. The van der Waals surface area contributed by atoms with Crippen LogP contribution in [-0.2, 0) is 10.8 Å². The Morgan fingerprint density at radius 3 is 1.20 bits per heavy atom. The van der Waals surface area contributed by atoms with E-state index in [9.17, 15) is 0 Å². The van der Waals surface area contributed by atoms with Crippen LogP contribution in [0.2, 0.25) is 0 Å². The monoisotopic (exact) mass is 694 g/mol. The Kier molecular flexibility index (Phi) is 6.33. The van der Waals surface area contributed by atoms with E-state index < -0.39 is 0 Å². The molecular formula is C50H38N4. The zero-order valence-electron chi connectivity index (χ0n) is 30.8. The molecule has 0 N–H and O–H groups in total. The van der Waals surface area contributed by atoms with Crippen molar-refractivity contribution in [3.8, 4) is 56.1 Å². The molecule has 11 rings (SSSR count). The third-order valence-corrected chi connectivity index (χ3v) is 12.2. The van der Waals surface area contributed by atoms with Gasteiger partial charge in [-0.2, -0.15) is 10.2 Å². The lowest BCUT2D eigenvalue weighted by Crippen LogP contribution is -2.15. The molecule has 0 saturated carbocycles. The molecule has 2 aliphatic carbocycles. The van der Waals surface area contributed by atoms with Crippen LogP contribution >= 0.6 is 0 Å². The lowest BCUT2D eigenvalue weighted by molar-refractivity contribution is 0.659. The van der Waals surface area contributed by atoms with Crippen molar-refractivity contribution >= 4 is 21.8 Å². The molecule has 0 atom stereocenters.